The van der Waals surface area contributed by atoms with Crippen molar-refractivity contribution in [1.29, 1.82) is 0 Å². The summed E-state index contributed by atoms with van der Waals surface area (Å²) in [5.41, 5.74) is 6.32. The molecule has 0 aromatic carbocycles. The van der Waals surface area contributed by atoms with Crippen molar-refractivity contribution in [1.82, 2.24) is 9.80 Å². The third kappa shape index (κ3) is 2.12. The van der Waals surface area contributed by atoms with Gasteiger partial charge in [-0.15, -0.1) is 0 Å². The molecule has 0 amide bonds. The monoisotopic (exact) mass is 263 g/mol. The Morgan fingerprint density at radius 1 is 1.47 bits per heavy atom. The zero-order valence-corrected chi connectivity index (χ0v) is 12.1. The number of furan rings is 1. The number of nitrogens with two attached hydrogens (primary N) is 1. The largest absolute Gasteiger partial charge is 0.465 e. The second-order valence-electron chi connectivity index (χ2n) is 6.12. The SMILES string of the molecule is Cc1ccc(CN(C)C2(CN)CCN3CCCC32)o1. The molecule has 0 radical (unpaired) electrons. The summed E-state index contributed by atoms with van der Waals surface area (Å²) in [6.07, 6.45) is 3.79. The number of hydrogen-bond acceptors (Lipinski definition) is 4. The summed E-state index contributed by atoms with van der Waals surface area (Å²) < 4.78 is 5.72. The zero-order valence-electron chi connectivity index (χ0n) is 12.1. The molecule has 3 rings (SSSR count). The van der Waals surface area contributed by atoms with Crippen molar-refractivity contribution >= 4 is 0 Å². The van der Waals surface area contributed by atoms with Crippen LogP contribution in [0.25, 0.3) is 0 Å². The number of fused-ring (bicyclic) bond motifs is 1. The maximum Gasteiger partial charge on any atom is 0.118 e. The molecule has 2 unspecified atom stereocenters. The molecule has 2 saturated heterocycles. The van der Waals surface area contributed by atoms with E-state index in [9.17, 15) is 0 Å². The Bertz CT molecular complexity index is 444. The second kappa shape index (κ2) is 4.93. The summed E-state index contributed by atoms with van der Waals surface area (Å²) in [4.78, 5) is 5.05. The van der Waals surface area contributed by atoms with Gasteiger partial charge in [-0.25, -0.2) is 0 Å². The Labute approximate surface area is 115 Å². The number of nitrogens with zero attached hydrogens (tertiary/aromatic N) is 2. The van der Waals surface area contributed by atoms with Gasteiger partial charge in [-0.1, -0.05) is 0 Å². The van der Waals surface area contributed by atoms with Gasteiger partial charge in [0.15, 0.2) is 0 Å². The van der Waals surface area contributed by atoms with E-state index in [0.717, 1.165) is 24.6 Å². The highest BCUT2D eigenvalue weighted by atomic mass is 16.3. The van der Waals surface area contributed by atoms with E-state index >= 15 is 0 Å². The number of hydrogen-bond donors (Lipinski definition) is 1. The maximum absolute atomic E-state index is 6.19. The van der Waals surface area contributed by atoms with E-state index in [0.29, 0.717) is 6.04 Å². The molecule has 0 aliphatic carbocycles. The van der Waals surface area contributed by atoms with Gasteiger partial charge in [-0.05, 0) is 51.9 Å². The highest BCUT2D eigenvalue weighted by Gasteiger charge is 2.50. The molecule has 4 heteroatoms. The van der Waals surface area contributed by atoms with Crippen LogP contribution in [0.4, 0.5) is 0 Å². The molecule has 4 nitrogen and oxygen atoms in total. The van der Waals surface area contributed by atoms with Crippen LogP contribution in [0.5, 0.6) is 0 Å². The average Bonchev–Trinajstić information content (AvgIpc) is 3.05. The predicted molar refractivity (Wildman–Crippen MR) is 75.9 cm³/mol. The first-order valence-electron chi connectivity index (χ1n) is 7.36. The summed E-state index contributed by atoms with van der Waals surface area (Å²) in [6.45, 7) is 6.04. The molecular formula is C15H25N3O. The molecule has 3 heterocycles. The predicted octanol–water partition coefficient (Wildman–Crippen LogP) is 1.59. The minimum atomic E-state index is 0.136. The summed E-state index contributed by atoms with van der Waals surface area (Å²) in [5, 5.41) is 0. The van der Waals surface area contributed by atoms with Crippen LogP contribution in [0.15, 0.2) is 16.5 Å². The van der Waals surface area contributed by atoms with Crippen LogP contribution >= 0.6 is 0 Å². The molecular weight excluding hydrogens is 238 g/mol. The fourth-order valence-electron chi connectivity index (χ4n) is 4.01. The van der Waals surface area contributed by atoms with Gasteiger partial charge in [0.05, 0.1) is 12.1 Å². The second-order valence-corrected chi connectivity index (χ2v) is 6.12. The van der Waals surface area contributed by atoms with Gasteiger partial charge in [-0.2, -0.15) is 0 Å². The molecule has 106 valence electrons. The Kier molecular flexibility index (Phi) is 3.41. The van der Waals surface area contributed by atoms with Gasteiger partial charge in [0.2, 0.25) is 0 Å². The lowest BCUT2D eigenvalue weighted by Crippen LogP contribution is -2.58. The zero-order chi connectivity index (χ0) is 13.5. The fourth-order valence-corrected chi connectivity index (χ4v) is 4.01. The van der Waals surface area contributed by atoms with Gasteiger partial charge in [0, 0.05) is 19.1 Å². The number of rotatable bonds is 4. The molecule has 2 N–H and O–H groups in total. The first-order valence-corrected chi connectivity index (χ1v) is 7.36. The van der Waals surface area contributed by atoms with Crippen LogP contribution in [0.3, 0.4) is 0 Å². The lowest BCUT2D eigenvalue weighted by molar-refractivity contribution is 0.0776. The minimum Gasteiger partial charge on any atom is -0.465 e. The quantitative estimate of drug-likeness (QED) is 0.896. The van der Waals surface area contributed by atoms with Crippen molar-refractivity contribution in [3.63, 3.8) is 0 Å². The Hall–Kier alpha value is -0.840. The van der Waals surface area contributed by atoms with Gasteiger partial charge in [0.25, 0.3) is 0 Å². The van der Waals surface area contributed by atoms with Crippen LogP contribution in [0, 0.1) is 6.92 Å². The lowest BCUT2D eigenvalue weighted by Gasteiger charge is -2.42. The molecule has 2 aliphatic heterocycles. The van der Waals surface area contributed by atoms with E-state index in [1.807, 2.05) is 13.0 Å². The van der Waals surface area contributed by atoms with Crippen molar-refractivity contribution in [3.05, 3.63) is 23.7 Å². The van der Waals surface area contributed by atoms with Gasteiger partial charge in [-0.3, -0.25) is 9.80 Å². The Morgan fingerprint density at radius 3 is 3.00 bits per heavy atom. The Morgan fingerprint density at radius 2 is 2.32 bits per heavy atom. The molecule has 19 heavy (non-hydrogen) atoms. The molecule has 2 fully saturated rings. The number of aryl methyl sites for hydroxylation is 1. The van der Waals surface area contributed by atoms with E-state index in [2.05, 4.69) is 22.9 Å². The molecule has 1 aromatic rings. The molecule has 2 aliphatic rings. The van der Waals surface area contributed by atoms with Crippen molar-refractivity contribution in [2.75, 3.05) is 26.7 Å². The topological polar surface area (TPSA) is 45.6 Å². The van der Waals surface area contributed by atoms with E-state index in [1.54, 1.807) is 0 Å². The van der Waals surface area contributed by atoms with Crippen molar-refractivity contribution in [2.45, 2.75) is 44.3 Å². The normalized spacial score (nSPS) is 31.3. The molecule has 1 aromatic heterocycles. The van der Waals surface area contributed by atoms with Crippen molar-refractivity contribution in [3.8, 4) is 0 Å². The van der Waals surface area contributed by atoms with Gasteiger partial charge < -0.3 is 10.2 Å². The third-order valence-electron chi connectivity index (χ3n) is 5.12. The van der Waals surface area contributed by atoms with Crippen LogP contribution in [-0.2, 0) is 6.54 Å². The lowest BCUT2D eigenvalue weighted by atomic mass is 9.87. The summed E-state index contributed by atoms with van der Waals surface area (Å²) in [7, 11) is 2.20. The fraction of sp³-hybridized carbons (Fsp3) is 0.733. The van der Waals surface area contributed by atoms with E-state index in [4.69, 9.17) is 10.2 Å². The van der Waals surface area contributed by atoms with Crippen LogP contribution < -0.4 is 5.73 Å². The molecule has 0 bridgehead atoms. The van der Waals surface area contributed by atoms with Crippen LogP contribution in [0.1, 0.15) is 30.8 Å². The maximum atomic E-state index is 6.19. The van der Waals surface area contributed by atoms with Crippen molar-refractivity contribution in [2.24, 2.45) is 5.73 Å². The summed E-state index contributed by atoms with van der Waals surface area (Å²) in [5.74, 6) is 2.03. The van der Waals surface area contributed by atoms with Crippen molar-refractivity contribution < 1.29 is 4.42 Å². The third-order valence-corrected chi connectivity index (χ3v) is 5.12. The standard InChI is InChI=1S/C15H25N3O/c1-12-5-6-13(19-12)10-17(2)15(11-16)7-9-18-8-3-4-14(15)18/h5-6,14H,3-4,7-11,16H2,1-2H3. The molecule has 2 atom stereocenters. The molecule has 0 saturated carbocycles. The summed E-state index contributed by atoms with van der Waals surface area (Å²) >= 11 is 0. The first kappa shape index (κ1) is 13.2. The average molecular weight is 263 g/mol. The highest BCUT2D eigenvalue weighted by molar-refractivity contribution is 5.11. The Balaban J connectivity index is 1.77. The minimum absolute atomic E-state index is 0.136. The smallest absolute Gasteiger partial charge is 0.118 e. The summed E-state index contributed by atoms with van der Waals surface area (Å²) in [6, 6.07) is 4.75. The van der Waals surface area contributed by atoms with E-state index in [-0.39, 0.29) is 5.54 Å². The first-order chi connectivity index (χ1) is 9.15. The highest BCUT2D eigenvalue weighted by Crippen LogP contribution is 2.39. The number of likely N-dealkylation sites (N-methyl/N-ethyl adjacent to an activating group) is 1. The van der Waals surface area contributed by atoms with Crippen LogP contribution in [0.2, 0.25) is 0 Å². The van der Waals surface area contributed by atoms with E-state index in [1.165, 1.54) is 32.4 Å². The molecule has 0 spiro atoms. The van der Waals surface area contributed by atoms with E-state index < -0.39 is 0 Å². The van der Waals surface area contributed by atoms with Crippen LogP contribution in [-0.4, -0.2) is 48.1 Å². The van der Waals surface area contributed by atoms with Gasteiger partial charge in [0.1, 0.15) is 11.5 Å². The van der Waals surface area contributed by atoms with Gasteiger partial charge >= 0.3 is 0 Å².